The van der Waals surface area contributed by atoms with Crippen molar-refractivity contribution in [2.24, 2.45) is 17.8 Å². The normalized spacial score (nSPS) is 30.8. The molecule has 2 aliphatic carbocycles. The second-order valence-corrected chi connectivity index (χ2v) is 5.87. The predicted molar refractivity (Wildman–Crippen MR) is 73.4 cm³/mol. The number of hydrogen-bond acceptors (Lipinski definition) is 1. The Kier molecular flexibility index (Phi) is 3.28. The molecule has 0 heterocycles. The van der Waals surface area contributed by atoms with E-state index in [1.165, 1.54) is 36.9 Å². The van der Waals surface area contributed by atoms with Crippen LogP contribution in [0.15, 0.2) is 24.3 Å². The SMILES string of the molecule is ClCc1ccccc1NCC1CC2CCC1C2. The minimum atomic E-state index is 0.597. The van der Waals surface area contributed by atoms with Crippen molar-refractivity contribution in [1.82, 2.24) is 0 Å². The van der Waals surface area contributed by atoms with Gasteiger partial charge in [0.1, 0.15) is 0 Å². The molecule has 2 fully saturated rings. The summed E-state index contributed by atoms with van der Waals surface area (Å²) in [6.45, 7) is 1.13. The number of benzene rings is 1. The highest BCUT2D eigenvalue weighted by atomic mass is 35.5. The Morgan fingerprint density at radius 1 is 1.18 bits per heavy atom. The quantitative estimate of drug-likeness (QED) is 0.786. The first-order chi connectivity index (χ1) is 8.36. The lowest BCUT2D eigenvalue weighted by Gasteiger charge is -2.23. The van der Waals surface area contributed by atoms with Crippen LogP contribution >= 0.6 is 11.6 Å². The monoisotopic (exact) mass is 249 g/mol. The number of rotatable bonds is 4. The van der Waals surface area contributed by atoms with E-state index in [-0.39, 0.29) is 0 Å². The summed E-state index contributed by atoms with van der Waals surface area (Å²) in [7, 11) is 0. The van der Waals surface area contributed by atoms with Gasteiger partial charge in [0.2, 0.25) is 0 Å². The molecule has 3 unspecified atom stereocenters. The van der Waals surface area contributed by atoms with E-state index in [0.29, 0.717) is 5.88 Å². The first kappa shape index (κ1) is 11.4. The molecular weight excluding hydrogens is 230 g/mol. The summed E-state index contributed by atoms with van der Waals surface area (Å²) < 4.78 is 0. The molecule has 3 atom stereocenters. The smallest absolute Gasteiger partial charge is 0.0494 e. The first-order valence-corrected chi connectivity index (χ1v) is 7.28. The Hall–Kier alpha value is -0.690. The second kappa shape index (κ2) is 4.89. The molecular formula is C15H20ClN. The lowest BCUT2D eigenvalue weighted by Crippen LogP contribution is -2.20. The Morgan fingerprint density at radius 2 is 2.06 bits per heavy atom. The Balaban J connectivity index is 1.60. The van der Waals surface area contributed by atoms with Crippen LogP contribution in [-0.2, 0) is 5.88 Å². The number of fused-ring (bicyclic) bond motifs is 2. The maximum atomic E-state index is 5.95. The largest absolute Gasteiger partial charge is 0.384 e. The third-order valence-corrected chi connectivity index (χ3v) is 4.89. The average molecular weight is 250 g/mol. The molecule has 92 valence electrons. The summed E-state index contributed by atoms with van der Waals surface area (Å²) in [4.78, 5) is 0. The lowest BCUT2D eigenvalue weighted by molar-refractivity contribution is 0.348. The zero-order valence-corrected chi connectivity index (χ0v) is 10.9. The molecule has 1 aromatic rings. The van der Waals surface area contributed by atoms with Gasteiger partial charge in [-0.3, -0.25) is 0 Å². The highest BCUT2D eigenvalue weighted by Crippen LogP contribution is 2.48. The van der Waals surface area contributed by atoms with Gasteiger partial charge in [0.05, 0.1) is 0 Å². The van der Waals surface area contributed by atoms with Crippen molar-refractivity contribution in [2.45, 2.75) is 31.6 Å². The van der Waals surface area contributed by atoms with Crippen LogP contribution < -0.4 is 5.32 Å². The van der Waals surface area contributed by atoms with Gasteiger partial charge in [-0.2, -0.15) is 0 Å². The van der Waals surface area contributed by atoms with Gasteiger partial charge >= 0.3 is 0 Å². The van der Waals surface area contributed by atoms with Gasteiger partial charge in [0.25, 0.3) is 0 Å². The van der Waals surface area contributed by atoms with Gasteiger partial charge in [0.15, 0.2) is 0 Å². The van der Waals surface area contributed by atoms with Crippen LogP contribution in [0.1, 0.15) is 31.2 Å². The average Bonchev–Trinajstić information content (AvgIpc) is 2.98. The Labute approximate surface area is 109 Å². The van der Waals surface area contributed by atoms with E-state index in [0.717, 1.165) is 24.3 Å². The third-order valence-electron chi connectivity index (χ3n) is 4.60. The molecule has 0 saturated heterocycles. The molecule has 1 aromatic carbocycles. The van der Waals surface area contributed by atoms with E-state index in [9.17, 15) is 0 Å². The van der Waals surface area contributed by atoms with Gasteiger partial charge in [-0.15, -0.1) is 11.6 Å². The Bertz CT molecular complexity index is 390. The summed E-state index contributed by atoms with van der Waals surface area (Å²) in [5.74, 6) is 3.53. The van der Waals surface area contributed by atoms with Crippen molar-refractivity contribution in [3.05, 3.63) is 29.8 Å². The zero-order valence-electron chi connectivity index (χ0n) is 10.2. The Morgan fingerprint density at radius 3 is 2.76 bits per heavy atom. The van der Waals surface area contributed by atoms with Crippen LogP contribution in [0.2, 0.25) is 0 Å². The maximum Gasteiger partial charge on any atom is 0.0494 e. The van der Waals surface area contributed by atoms with Crippen molar-refractivity contribution in [3.8, 4) is 0 Å². The van der Waals surface area contributed by atoms with Crippen molar-refractivity contribution in [3.63, 3.8) is 0 Å². The fourth-order valence-electron chi connectivity index (χ4n) is 3.68. The standard InChI is InChI=1S/C15H20ClN/c16-9-13-3-1-2-4-15(13)17-10-14-8-11-5-6-12(14)7-11/h1-4,11-12,14,17H,5-10H2. The van der Waals surface area contributed by atoms with E-state index in [1.807, 2.05) is 0 Å². The topological polar surface area (TPSA) is 12.0 Å². The number of hydrogen-bond donors (Lipinski definition) is 1. The van der Waals surface area contributed by atoms with Gasteiger partial charge in [0, 0.05) is 18.1 Å². The fourth-order valence-corrected chi connectivity index (χ4v) is 3.91. The molecule has 1 nitrogen and oxygen atoms in total. The summed E-state index contributed by atoms with van der Waals surface area (Å²) in [6, 6.07) is 8.39. The van der Waals surface area contributed by atoms with E-state index >= 15 is 0 Å². The zero-order chi connectivity index (χ0) is 11.7. The molecule has 1 N–H and O–H groups in total. The van der Waals surface area contributed by atoms with E-state index in [2.05, 4.69) is 29.6 Å². The van der Waals surface area contributed by atoms with Crippen molar-refractivity contribution < 1.29 is 0 Å². The molecule has 0 spiro atoms. The molecule has 2 bridgehead atoms. The summed E-state index contributed by atoms with van der Waals surface area (Å²) in [5.41, 5.74) is 2.45. The van der Waals surface area contributed by atoms with Crippen LogP contribution in [-0.4, -0.2) is 6.54 Å². The van der Waals surface area contributed by atoms with Crippen molar-refractivity contribution in [2.75, 3.05) is 11.9 Å². The molecule has 17 heavy (non-hydrogen) atoms. The fraction of sp³-hybridized carbons (Fsp3) is 0.600. The molecule has 0 aliphatic heterocycles. The number of halogens is 1. The van der Waals surface area contributed by atoms with Gasteiger partial charge < -0.3 is 5.32 Å². The minimum Gasteiger partial charge on any atom is -0.384 e. The molecule has 2 aliphatic rings. The van der Waals surface area contributed by atoms with Crippen LogP contribution in [0.3, 0.4) is 0 Å². The molecule has 2 saturated carbocycles. The van der Waals surface area contributed by atoms with Crippen molar-refractivity contribution >= 4 is 17.3 Å². The van der Waals surface area contributed by atoms with Crippen LogP contribution in [0.5, 0.6) is 0 Å². The minimum absolute atomic E-state index is 0.597. The van der Waals surface area contributed by atoms with Gasteiger partial charge in [-0.05, 0) is 48.6 Å². The summed E-state index contributed by atoms with van der Waals surface area (Å²) in [6.07, 6.45) is 5.89. The van der Waals surface area contributed by atoms with Crippen LogP contribution in [0, 0.1) is 17.8 Å². The highest BCUT2D eigenvalue weighted by Gasteiger charge is 2.38. The molecule has 0 aromatic heterocycles. The second-order valence-electron chi connectivity index (χ2n) is 5.61. The number of para-hydroxylation sites is 1. The van der Waals surface area contributed by atoms with Crippen molar-refractivity contribution in [1.29, 1.82) is 0 Å². The maximum absolute atomic E-state index is 5.95. The van der Waals surface area contributed by atoms with E-state index in [1.54, 1.807) is 0 Å². The van der Waals surface area contributed by atoms with Gasteiger partial charge in [-0.25, -0.2) is 0 Å². The summed E-state index contributed by atoms with van der Waals surface area (Å²) >= 11 is 5.95. The molecule has 0 amide bonds. The first-order valence-electron chi connectivity index (χ1n) is 6.74. The highest BCUT2D eigenvalue weighted by molar-refractivity contribution is 6.17. The predicted octanol–water partition coefficient (Wildman–Crippen LogP) is 4.27. The van der Waals surface area contributed by atoms with E-state index in [4.69, 9.17) is 11.6 Å². The van der Waals surface area contributed by atoms with Crippen LogP contribution in [0.4, 0.5) is 5.69 Å². The lowest BCUT2D eigenvalue weighted by atomic mass is 9.89. The number of anilines is 1. The number of nitrogens with one attached hydrogen (secondary N) is 1. The van der Waals surface area contributed by atoms with Gasteiger partial charge in [-0.1, -0.05) is 24.6 Å². The number of alkyl halides is 1. The third kappa shape index (κ3) is 2.30. The molecule has 0 radical (unpaired) electrons. The molecule has 2 heteroatoms. The van der Waals surface area contributed by atoms with E-state index < -0.39 is 0 Å². The van der Waals surface area contributed by atoms with Crippen LogP contribution in [0.25, 0.3) is 0 Å². The summed E-state index contributed by atoms with van der Waals surface area (Å²) in [5, 5.41) is 3.61. The molecule has 3 rings (SSSR count).